The third-order valence-corrected chi connectivity index (χ3v) is 0.167. The number of hydrogen-bond acceptors (Lipinski definition) is 4. The maximum atomic E-state index is 8.93. The van der Waals surface area contributed by atoms with Gasteiger partial charge in [-0.05, 0) is 0 Å². The zero-order chi connectivity index (χ0) is 5.15. The molecule has 0 aliphatic heterocycles. The van der Waals surface area contributed by atoms with E-state index in [0.717, 1.165) is 0 Å². The fraction of sp³-hybridized carbons (Fsp3) is 0. The first-order chi connectivity index (χ1) is 2.64. The summed E-state index contributed by atoms with van der Waals surface area (Å²) < 4.78 is 0. The Hall–Kier alpha value is 0.888. The van der Waals surface area contributed by atoms with E-state index in [2.05, 4.69) is 0 Å². The van der Waals surface area contributed by atoms with Crippen LogP contribution >= 0.6 is 0 Å². The summed E-state index contributed by atoms with van der Waals surface area (Å²) in [4.78, 5) is 17.9. The minimum absolute atomic E-state index is 0. The fourth-order valence-electron chi connectivity index (χ4n) is 0. The van der Waals surface area contributed by atoms with E-state index < -0.39 is 11.9 Å². The van der Waals surface area contributed by atoms with E-state index in [1.807, 2.05) is 0 Å². The molecule has 0 aromatic carbocycles. The Morgan fingerprint density at radius 2 is 1.12 bits per heavy atom. The van der Waals surface area contributed by atoms with Crippen molar-refractivity contribution in [2.24, 2.45) is 0 Å². The molecule has 0 amide bonds. The Bertz CT molecular complexity index is 80.0. The molecule has 40 valence electrons. The first kappa shape index (κ1) is 16.0. The molecule has 0 aliphatic rings. The summed E-state index contributed by atoms with van der Waals surface area (Å²) in [6.45, 7) is 0. The molecule has 0 atom stereocenters. The molecule has 0 aromatic rings. The second-order valence-corrected chi connectivity index (χ2v) is 0.575. The summed E-state index contributed by atoms with van der Waals surface area (Å²) in [7, 11) is 0. The van der Waals surface area contributed by atoms with Gasteiger partial charge in [0.05, 0.1) is 11.9 Å². The third kappa shape index (κ3) is 9.99. The number of carboxylic acids is 2. The van der Waals surface area contributed by atoms with E-state index in [-0.39, 0.29) is 58.8 Å². The summed E-state index contributed by atoms with van der Waals surface area (Å²) in [5.74, 6) is -4.37. The van der Waals surface area contributed by atoms with E-state index in [9.17, 15) is 0 Å². The van der Waals surface area contributed by atoms with Crippen molar-refractivity contribution in [3.8, 4) is 0 Å². The smallest absolute Gasteiger partial charge is 0.543 e. The molecule has 8 heavy (non-hydrogen) atoms. The SMILES string of the molecule is O=C([O-])C(=O)[O-].[Ca+2].[Mo]. The molecule has 0 saturated carbocycles. The third-order valence-electron chi connectivity index (χ3n) is 0.167. The second kappa shape index (κ2) is 7.89. The van der Waals surface area contributed by atoms with Crippen molar-refractivity contribution in [2.75, 3.05) is 0 Å². The van der Waals surface area contributed by atoms with Crippen molar-refractivity contribution in [3.63, 3.8) is 0 Å². The molecule has 0 radical (unpaired) electrons. The van der Waals surface area contributed by atoms with Crippen molar-refractivity contribution in [1.82, 2.24) is 0 Å². The number of carboxylic acid groups (broad SMARTS) is 2. The first-order valence-electron chi connectivity index (χ1n) is 1.07. The Morgan fingerprint density at radius 1 is 1.00 bits per heavy atom. The largest absolute Gasteiger partial charge is 2.00 e. The molecule has 0 unspecified atom stereocenters. The zero-order valence-corrected chi connectivity index (χ0v) is 7.96. The van der Waals surface area contributed by atoms with Gasteiger partial charge in [0, 0.05) is 21.1 Å². The molecule has 0 heterocycles. The molecular weight excluding hydrogens is 224 g/mol. The van der Waals surface area contributed by atoms with Gasteiger partial charge < -0.3 is 19.8 Å². The van der Waals surface area contributed by atoms with E-state index >= 15 is 0 Å². The average Bonchev–Trinajstić information content (AvgIpc) is 1.36. The normalized spacial score (nSPS) is 5.50. The topological polar surface area (TPSA) is 80.3 Å². The van der Waals surface area contributed by atoms with Crippen LogP contribution in [0.25, 0.3) is 0 Å². The van der Waals surface area contributed by atoms with Gasteiger partial charge in [-0.3, -0.25) is 0 Å². The Morgan fingerprint density at radius 3 is 1.12 bits per heavy atom. The van der Waals surface area contributed by atoms with Crippen molar-refractivity contribution in [2.45, 2.75) is 0 Å². The molecular formula is C2CaMoO4. The molecule has 0 saturated heterocycles. The van der Waals surface area contributed by atoms with Crippen LogP contribution in [0, 0.1) is 0 Å². The van der Waals surface area contributed by atoms with Gasteiger partial charge in [-0.15, -0.1) is 0 Å². The monoisotopic (exact) mass is 226 g/mol. The predicted octanol–water partition coefficient (Wildman–Crippen LogP) is -3.90. The molecule has 0 N–H and O–H groups in total. The van der Waals surface area contributed by atoms with Crippen LogP contribution in [0.5, 0.6) is 0 Å². The van der Waals surface area contributed by atoms with Gasteiger partial charge in [0.1, 0.15) is 0 Å². The minimum Gasteiger partial charge on any atom is -0.543 e. The summed E-state index contributed by atoms with van der Waals surface area (Å²) in [6, 6.07) is 0. The van der Waals surface area contributed by atoms with Crippen LogP contribution in [0.15, 0.2) is 0 Å². The first-order valence-corrected chi connectivity index (χ1v) is 1.07. The Kier molecular flexibility index (Phi) is 15.7. The standard InChI is InChI=1S/C2H2O4.Ca.Mo/c3-1(4)2(5)6;;/h(H,3,4)(H,5,6);;/q;+2;/p-2. The summed E-state index contributed by atoms with van der Waals surface area (Å²) in [5.41, 5.74) is 0. The number of carbonyl (C=O) groups is 2. The second-order valence-electron chi connectivity index (χ2n) is 0.575. The van der Waals surface area contributed by atoms with Gasteiger partial charge in [-0.25, -0.2) is 0 Å². The van der Waals surface area contributed by atoms with Gasteiger partial charge in [0.2, 0.25) is 0 Å². The average molecular weight is 224 g/mol. The van der Waals surface area contributed by atoms with Gasteiger partial charge in [-0.1, -0.05) is 0 Å². The van der Waals surface area contributed by atoms with E-state index in [0.29, 0.717) is 0 Å². The van der Waals surface area contributed by atoms with Gasteiger partial charge in [0.15, 0.2) is 0 Å². The van der Waals surface area contributed by atoms with Crippen molar-refractivity contribution < 1.29 is 40.9 Å². The van der Waals surface area contributed by atoms with E-state index in [1.165, 1.54) is 0 Å². The Balaban J connectivity index is -0.000000125. The maximum absolute atomic E-state index is 8.93. The molecule has 0 fully saturated rings. The molecule has 0 bridgehead atoms. The molecule has 4 nitrogen and oxygen atoms in total. The van der Waals surface area contributed by atoms with E-state index in [4.69, 9.17) is 19.8 Å². The molecule has 0 aromatic heterocycles. The van der Waals surface area contributed by atoms with Crippen molar-refractivity contribution >= 4 is 49.7 Å². The number of hydrogen-bond donors (Lipinski definition) is 0. The fourth-order valence-corrected chi connectivity index (χ4v) is 0. The van der Waals surface area contributed by atoms with Crippen LogP contribution < -0.4 is 10.2 Å². The van der Waals surface area contributed by atoms with Gasteiger partial charge in [0.25, 0.3) is 0 Å². The summed E-state index contributed by atoms with van der Waals surface area (Å²) in [6.07, 6.45) is 0. The Labute approximate surface area is 89.5 Å². The van der Waals surface area contributed by atoms with Crippen molar-refractivity contribution in [3.05, 3.63) is 0 Å². The van der Waals surface area contributed by atoms with E-state index in [1.54, 1.807) is 0 Å². The number of rotatable bonds is 0. The van der Waals surface area contributed by atoms with Crippen molar-refractivity contribution in [1.29, 1.82) is 0 Å². The van der Waals surface area contributed by atoms with Crippen LogP contribution in [0.1, 0.15) is 0 Å². The molecule has 0 rings (SSSR count). The van der Waals surface area contributed by atoms with Crippen LogP contribution in [0.2, 0.25) is 0 Å². The molecule has 0 aliphatic carbocycles. The van der Waals surface area contributed by atoms with Crippen LogP contribution in [-0.2, 0) is 30.7 Å². The maximum Gasteiger partial charge on any atom is 2.00 e. The number of carbonyl (C=O) groups excluding carboxylic acids is 2. The minimum atomic E-state index is -2.19. The summed E-state index contributed by atoms with van der Waals surface area (Å²) >= 11 is 0. The predicted molar refractivity (Wildman–Crippen MR) is 15.8 cm³/mol. The zero-order valence-electron chi connectivity index (χ0n) is 3.75. The number of aliphatic carboxylic acids is 2. The molecule has 0 spiro atoms. The summed E-state index contributed by atoms with van der Waals surface area (Å²) in [5, 5.41) is 17.9. The quantitative estimate of drug-likeness (QED) is 0.311. The van der Waals surface area contributed by atoms with Gasteiger partial charge in [-0.2, -0.15) is 0 Å². The van der Waals surface area contributed by atoms with Crippen LogP contribution in [0.3, 0.4) is 0 Å². The molecule has 6 heteroatoms. The van der Waals surface area contributed by atoms with Crippen LogP contribution in [0.4, 0.5) is 0 Å². The van der Waals surface area contributed by atoms with Gasteiger partial charge >= 0.3 is 37.7 Å². The van der Waals surface area contributed by atoms with Crippen LogP contribution in [-0.4, -0.2) is 49.7 Å².